The van der Waals surface area contributed by atoms with Gasteiger partial charge in [0.25, 0.3) is 15.7 Å². The molecule has 4 rings (SSSR count). The zero-order chi connectivity index (χ0) is 27.8. The molecule has 12 nitrogen and oxygen atoms in total. The van der Waals surface area contributed by atoms with Crippen LogP contribution in [0.15, 0.2) is 15.8 Å². The summed E-state index contributed by atoms with van der Waals surface area (Å²) in [6, 6.07) is 0. The van der Waals surface area contributed by atoms with Gasteiger partial charge < -0.3 is 23.7 Å². The highest BCUT2D eigenvalue weighted by molar-refractivity contribution is 7.85. The molecule has 0 amide bonds. The molecule has 0 N–H and O–H groups in total. The number of aromatic nitrogens is 2. The van der Waals surface area contributed by atoms with E-state index >= 15 is 0 Å². The number of unbranched alkanes of at least 4 members (excludes halogenated alkanes) is 2. The van der Waals surface area contributed by atoms with Crippen LogP contribution in [-0.4, -0.2) is 75.0 Å². The Morgan fingerprint density at radius 2 is 1.72 bits per heavy atom. The molecule has 2 unspecified atom stereocenters. The Labute approximate surface area is 229 Å². The van der Waals surface area contributed by atoms with E-state index in [9.17, 15) is 18.0 Å². The van der Waals surface area contributed by atoms with E-state index in [1.807, 2.05) is 0 Å². The predicted octanol–water partition coefficient (Wildman–Crippen LogP) is 2.21. The summed E-state index contributed by atoms with van der Waals surface area (Å²) in [4.78, 5) is 26.2. The fourth-order valence-electron chi connectivity index (χ4n) is 5.14. The van der Waals surface area contributed by atoms with Crippen molar-refractivity contribution in [3.8, 4) is 0 Å². The van der Waals surface area contributed by atoms with Gasteiger partial charge in [-0.15, -0.1) is 0 Å². The van der Waals surface area contributed by atoms with Crippen LogP contribution in [0.4, 0.5) is 0 Å². The molecule has 13 heteroatoms. The van der Waals surface area contributed by atoms with E-state index in [1.165, 1.54) is 9.13 Å². The van der Waals surface area contributed by atoms with Gasteiger partial charge in [0, 0.05) is 37.9 Å². The summed E-state index contributed by atoms with van der Waals surface area (Å²) in [5, 5.41) is 0. The van der Waals surface area contributed by atoms with Crippen LogP contribution in [0.25, 0.3) is 0 Å². The number of hydrogen-bond donors (Lipinski definition) is 0. The number of nitrogens with zero attached hydrogens (tertiary/aromatic N) is 2. The predicted molar refractivity (Wildman–Crippen MR) is 141 cm³/mol. The van der Waals surface area contributed by atoms with Crippen molar-refractivity contribution in [2.75, 3.05) is 32.7 Å². The molecule has 1 aromatic heterocycles. The second-order valence-electron chi connectivity index (χ2n) is 10.5. The van der Waals surface area contributed by atoms with Gasteiger partial charge in [-0.1, -0.05) is 0 Å². The van der Waals surface area contributed by atoms with E-state index in [4.69, 9.17) is 27.9 Å². The third-order valence-electron chi connectivity index (χ3n) is 7.23. The third kappa shape index (κ3) is 8.94. The molecule has 5 atom stereocenters. The van der Waals surface area contributed by atoms with Crippen LogP contribution in [0.2, 0.25) is 0 Å². The molecule has 0 bridgehead atoms. The number of hydrogen-bond acceptors (Lipinski definition) is 10. The Kier molecular flexibility index (Phi) is 11.2. The van der Waals surface area contributed by atoms with Crippen molar-refractivity contribution in [3.63, 3.8) is 0 Å². The lowest BCUT2D eigenvalue weighted by molar-refractivity contribution is -0.216. The molecule has 4 heterocycles. The Bertz CT molecular complexity index is 1140. The first-order valence-corrected chi connectivity index (χ1v) is 15.9. The second-order valence-corrected chi connectivity index (χ2v) is 12.2. The van der Waals surface area contributed by atoms with E-state index in [0.717, 1.165) is 44.8 Å². The monoisotopic (exact) mass is 574 g/mol. The lowest BCUT2D eigenvalue weighted by atomic mass is 10.1. The minimum Gasteiger partial charge on any atom is -0.353 e. The fourth-order valence-corrected chi connectivity index (χ4v) is 5.56. The molecule has 0 saturated carbocycles. The van der Waals surface area contributed by atoms with Crippen molar-refractivity contribution in [1.29, 1.82) is 0 Å². The van der Waals surface area contributed by atoms with Crippen LogP contribution in [0.1, 0.15) is 76.0 Å². The van der Waals surface area contributed by atoms with Crippen molar-refractivity contribution in [3.05, 3.63) is 32.6 Å². The molecule has 0 aliphatic carbocycles. The van der Waals surface area contributed by atoms with Gasteiger partial charge in [0.1, 0.15) is 12.3 Å². The average molecular weight is 575 g/mol. The Hall–Kier alpha value is -1.61. The van der Waals surface area contributed by atoms with E-state index in [-0.39, 0.29) is 44.0 Å². The van der Waals surface area contributed by atoms with Crippen molar-refractivity contribution in [2.24, 2.45) is 0 Å². The van der Waals surface area contributed by atoms with E-state index in [0.29, 0.717) is 44.5 Å². The molecule has 3 saturated heterocycles. The molecule has 222 valence electrons. The summed E-state index contributed by atoms with van der Waals surface area (Å²) in [6.45, 7) is 3.56. The maximum atomic E-state index is 13.4. The summed E-state index contributed by atoms with van der Waals surface area (Å²) in [7, 11) is -3.48. The molecule has 0 radical (unpaired) electrons. The Morgan fingerprint density at radius 1 is 1.00 bits per heavy atom. The van der Waals surface area contributed by atoms with E-state index in [1.54, 1.807) is 13.1 Å². The van der Waals surface area contributed by atoms with Crippen molar-refractivity contribution in [2.45, 2.75) is 109 Å². The zero-order valence-corrected chi connectivity index (χ0v) is 23.8. The van der Waals surface area contributed by atoms with Gasteiger partial charge in [-0.05, 0) is 64.7 Å². The minimum atomic E-state index is -3.48. The first kappa shape index (κ1) is 30.4. The Morgan fingerprint density at radius 3 is 2.38 bits per heavy atom. The van der Waals surface area contributed by atoms with Gasteiger partial charge in [0.05, 0.1) is 25.6 Å². The smallest absolute Gasteiger partial charge is 0.333 e. The maximum Gasteiger partial charge on any atom is 0.333 e. The van der Waals surface area contributed by atoms with Crippen LogP contribution in [0, 0.1) is 6.92 Å². The van der Waals surface area contributed by atoms with E-state index < -0.39 is 28.1 Å². The minimum absolute atomic E-state index is 0.0726. The maximum absolute atomic E-state index is 13.4. The summed E-state index contributed by atoms with van der Waals surface area (Å²) in [5.74, 6) is 0. The first-order valence-electron chi connectivity index (χ1n) is 14.0. The second kappa shape index (κ2) is 14.3. The SMILES string of the molecule is Cc1cn([C@H]2C[C@H](OC3CCCCO3)[C@@H](COC3CCCCO3)O2)c(=O)n(CCCCCOS(C)(=O)=O)c1=O. The van der Waals surface area contributed by atoms with Crippen LogP contribution < -0.4 is 11.2 Å². The lowest BCUT2D eigenvalue weighted by Crippen LogP contribution is -2.42. The number of ether oxygens (including phenoxy) is 5. The molecule has 1 aromatic rings. The van der Waals surface area contributed by atoms with Crippen molar-refractivity contribution < 1.29 is 36.3 Å². The van der Waals surface area contributed by atoms with Crippen LogP contribution in [-0.2, 0) is 44.5 Å². The molecule has 0 aromatic carbocycles. The Balaban J connectivity index is 1.43. The van der Waals surface area contributed by atoms with Crippen molar-refractivity contribution in [1.82, 2.24) is 9.13 Å². The van der Waals surface area contributed by atoms with Gasteiger partial charge in [0.15, 0.2) is 12.6 Å². The fraction of sp³-hybridized carbons (Fsp3) is 0.846. The van der Waals surface area contributed by atoms with Gasteiger partial charge in [-0.25, -0.2) is 4.79 Å². The average Bonchev–Trinajstić information content (AvgIpc) is 3.31. The van der Waals surface area contributed by atoms with Crippen LogP contribution in [0.5, 0.6) is 0 Å². The summed E-state index contributed by atoms with van der Waals surface area (Å²) in [6.07, 6.45) is 8.37. The standard InChI is InChI=1S/C26H42N2O10S/c1-19-17-28(26(30)27(25(19)29)12-6-3-7-15-36-39(2,31)32)22-16-20(38-24-11-5-9-14-34-24)21(37-22)18-35-23-10-4-8-13-33-23/h17,20-24H,3-16,18H2,1-2H3/t20-,21+,22+,23?,24?/m0/s1. The molecule has 0 spiro atoms. The quantitative estimate of drug-likeness (QED) is 0.255. The summed E-state index contributed by atoms with van der Waals surface area (Å²) in [5.41, 5.74) is -0.366. The lowest BCUT2D eigenvalue weighted by Gasteiger charge is -2.29. The van der Waals surface area contributed by atoms with Gasteiger partial charge in [-0.3, -0.25) is 18.1 Å². The zero-order valence-electron chi connectivity index (χ0n) is 23.0. The molecule has 3 aliphatic heterocycles. The highest BCUT2D eigenvalue weighted by Crippen LogP contribution is 2.33. The first-order chi connectivity index (χ1) is 18.7. The highest BCUT2D eigenvalue weighted by Gasteiger charge is 2.40. The van der Waals surface area contributed by atoms with Gasteiger partial charge in [-0.2, -0.15) is 8.42 Å². The van der Waals surface area contributed by atoms with E-state index in [2.05, 4.69) is 0 Å². The molecule has 3 fully saturated rings. The number of aryl methyl sites for hydroxylation is 1. The largest absolute Gasteiger partial charge is 0.353 e. The van der Waals surface area contributed by atoms with Crippen molar-refractivity contribution >= 4 is 10.1 Å². The number of rotatable bonds is 13. The molecule has 39 heavy (non-hydrogen) atoms. The van der Waals surface area contributed by atoms with Gasteiger partial charge in [0.2, 0.25) is 0 Å². The summed E-state index contributed by atoms with van der Waals surface area (Å²) < 4.78 is 59.8. The highest BCUT2D eigenvalue weighted by atomic mass is 32.2. The molecule has 3 aliphatic rings. The molecular weight excluding hydrogens is 532 g/mol. The normalized spacial score (nSPS) is 28.1. The topological polar surface area (TPSA) is 134 Å². The van der Waals surface area contributed by atoms with Crippen LogP contribution >= 0.6 is 0 Å². The third-order valence-corrected chi connectivity index (χ3v) is 7.82. The van der Waals surface area contributed by atoms with Crippen LogP contribution in [0.3, 0.4) is 0 Å². The molecular formula is C26H42N2O10S. The summed E-state index contributed by atoms with van der Waals surface area (Å²) >= 11 is 0. The van der Waals surface area contributed by atoms with Gasteiger partial charge >= 0.3 is 5.69 Å².